The van der Waals surface area contributed by atoms with Gasteiger partial charge in [0.1, 0.15) is 12.7 Å². The highest BCUT2D eigenvalue weighted by molar-refractivity contribution is 5.89. The second-order valence-electron chi connectivity index (χ2n) is 8.37. The van der Waals surface area contributed by atoms with Gasteiger partial charge in [0, 0.05) is 18.7 Å². The number of carbonyl (C=O) groups is 2. The van der Waals surface area contributed by atoms with Gasteiger partial charge in [-0.1, -0.05) is 30.3 Å². The maximum atomic E-state index is 12.3. The zero-order valence-corrected chi connectivity index (χ0v) is 18.0. The molecule has 0 radical (unpaired) electrons. The summed E-state index contributed by atoms with van der Waals surface area (Å²) < 4.78 is 11.0. The molecule has 4 rings (SSSR count). The van der Waals surface area contributed by atoms with Gasteiger partial charge in [-0.2, -0.15) is 5.26 Å². The van der Waals surface area contributed by atoms with Crippen molar-refractivity contribution in [3.05, 3.63) is 65.7 Å². The smallest absolute Gasteiger partial charge is 0.414 e. The van der Waals surface area contributed by atoms with Crippen LogP contribution in [0.25, 0.3) is 0 Å². The van der Waals surface area contributed by atoms with Gasteiger partial charge in [-0.25, -0.2) is 4.79 Å². The molecule has 2 aromatic rings. The van der Waals surface area contributed by atoms with Crippen LogP contribution in [0.15, 0.2) is 54.6 Å². The number of carbonyl (C=O) groups excluding carboxylic acids is 2. The number of hydrogen-bond donors (Lipinski definition) is 0. The van der Waals surface area contributed by atoms with Gasteiger partial charge in [-0.05, 0) is 61.7 Å². The third kappa shape index (κ3) is 5.65. The van der Waals surface area contributed by atoms with Crippen molar-refractivity contribution in [1.82, 2.24) is 4.90 Å². The molecule has 32 heavy (non-hydrogen) atoms. The van der Waals surface area contributed by atoms with Crippen LogP contribution in [0.5, 0.6) is 0 Å². The van der Waals surface area contributed by atoms with Crippen molar-refractivity contribution >= 4 is 17.7 Å². The maximum absolute atomic E-state index is 12.3. The molecule has 2 aromatic carbocycles. The van der Waals surface area contributed by atoms with Crippen molar-refractivity contribution in [3.63, 3.8) is 0 Å². The monoisotopic (exact) mass is 433 g/mol. The summed E-state index contributed by atoms with van der Waals surface area (Å²) in [6.07, 6.45) is 1.77. The Bertz CT molecular complexity index is 963. The number of ether oxygens (including phenoxy) is 2. The van der Waals surface area contributed by atoms with Crippen molar-refractivity contribution in [2.24, 2.45) is 5.92 Å². The number of nitriles is 1. The van der Waals surface area contributed by atoms with E-state index in [1.165, 1.54) is 0 Å². The fourth-order valence-corrected chi connectivity index (χ4v) is 4.24. The predicted molar refractivity (Wildman–Crippen MR) is 119 cm³/mol. The molecule has 2 aliphatic rings. The molecule has 2 heterocycles. The van der Waals surface area contributed by atoms with Gasteiger partial charge in [0.05, 0.1) is 18.2 Å². The summed E-state index contributed by atoms with van der Waals surface area (Å²) >= 11 is 0. The number of amides is 1. The SMILES string of the molecule is N#Cc1ccc(N2CC(CN3CCC(CC(=O)OCc4ccccc4)CC3)OC2=O)cc1. The van der Waals surface area contributed by atoms with Gasteiger partial charge in [0.15, 0.2) is 0 Å². The topological polar surface area (TPSA) is 82.9 Å². The lowest BCUT2D eigenvalue weighted by Gasteiger charge is -2.32. The Labute approximate surface area is 188 Å². The van der Waals surface area contributed by atoms with Crippen LogP contribution < -0.4 is 4.90 Å². The van der Waals surface area contributed by atoms with E-state index in [2.05, 4.69) is 11.0 Å². The summed E-state index contributed by atoms with van der Waals surface area (Å²) in [7, 11) is 0. The zero-order valence-electron chi connectivity index (χ0n) is 18.0. The second-order valence-corrected chi connectivity index (χ2v) is 8.37. The minimum absolute atomic E-state index is 0.143. The maximum Gasteiger partial charge on any atom is 0.414 e. The molecule has 166 valence electrons. The third-order valence-electron chi connectivity index (χ3n) is 6.05. The summed E-state index contributed by atoms with van der Waals surface area (Å²) in [5.74, 6) is 0.186. The van der Waals surface area contributed by atoms with Gasteiger partial charge in [-0.3, -0.25) is 14.6 Å². The summed E-state index contributed by atoms with van der Waals surface area (Å²) in [5.41, 5.74) is 2.30. The lowest BCUT2D eigenvalue weighted by molar-refractivity contribution is -0.146. The molecule has 1 amide bonds. The van der Waals surface area contributed by atoms with Crippen LogP contribution in [0, 0.1) is 17.2 Å². The van der Waals surface area contributed by atoms with E-state index >= 15 is 0 Å². The highest BCUT2D eigenvalue weighted by Crippen LogP contribution is 2.25. The molecule has 0 N–H and O–H groups in total. The van der Waals surface area contributed by atoms with Gasteiger partial charge in [-0.15, -0.1) is 0 Å². The minimum atomic E-state index is -0.351. The molecule has 1 atom stereocenters. The standard InChI is InChI=1S/C25H27N3O4/c26-15-20-6-8-22(9-7-20)28-17-23(32-25(28)30)16-27-12-10-19(11-13-27)14-24(29)31-18-21-4-2-1-3-5-21/h1-9,19,23H,10-14,16-18H2. The van der Waals surface area contributed by atoms with Gasteiger partial charge >= 0.3 is 12.1 Å². The molecule has 0 aliphatic carbocycles. The number of likely N-dealkylation sites (tertiary alicyclic amines) is 1. The summed E-state index contributed by atoms with van der Waals surface area (Å²) in [5, 5.41) is 8.92. The Morgan fingerprint density at radius 2 is 1.81 bits per heavy atom. The fourth-order valence-electron chi connectivity index (χ4n) is 4.24. The van der Waals surface area contributed by atoms with Crippen LogP contribution in [0.2, 0.25) is 0 Å². The number of esters is 1. The molecule has 2 aliphatic heterocycles. The Balaban J connectivity index is 1.18. The number of piperidine rings is 1. The van der Waals surface area contributed by atoms with Crippen molar-refractivity contribution in [1.29, 1.82) is 5.26 Å². The Morgan fingerprint density at radius 3 is 2.50 bits per heavy atom. The second kappa shape index (κ2) is 10.3. The Hall–Kier alpha value is -3.37. The molecule has 0 saturated carbocycles. The van der Waals surface area contributed by atoms with E-state index in [-0.39, 0.29) is 18.2 Å². The lowest BCUT2D eigenvalue weighted by Crippen LogP contribution is -2.40. The molecule has 2 saturated heterocycles. The summed E-state index contributed by atoms with van der Waals surface area (Å²) in [4.78, 5) is 28.4. The quantitative estimate of drug-likeness (QED) is 0.619. The molecule has 0 bridgehead atoms. The number of hydrogen-bond acceptors (Lipinski definition) is 6. The molecular weight excluding hydrogens is 406 g/mol. The van der Waals surface area contributed by atoms with Crippen LogP contribution >= 0.6 is 0 Å². The largest absolute Gasteiger partial charge is 0.461 e. The van der Waals surface area contributed by atoms with Crippen LogP contribution in [-0.2, 0) is 20.9 Å². The summed E-state index contributed by atoms with van der Waals surface area (Å²) in [6, 6.07) is 18.7. The van der Waals surface area contributed by atoms with E-state index in [1.54, 1.807) is 29.2 Å². The average molecular weight is 434 g/mol. The fraction of sp³-hybridized carbons (Fsp3) is 0.400. The first-order chi connectivity index (χ1) is 15.6. The van der Waals surface area contributed by atoms with Crippen LogP contribution in [0.3, 0.4) is 0 Å². The number of cyclic esters (lactones) is 1. The van der Waals surface area contributed by atoms with Gasteiger partial charge in [0.2, 0.25) is 0 Å². The van der Waals surface area contributed by atoms with Crippen molar-refractivity contribution in [2.75, 3.05) is 31.1 Å². The van der Waals surface area contributed by atoms with E-state index in [0.717, 1.165) is 37.2 Å². The number of benzene rings is 2. The minimum Gasteiger partial charge on any atom is -0.461 e. The average Bonchev–Trinajstić information content (AvgIpc) is 3.19. The predicted octanol–water partition coefficient (Wildman–Crippen LogP) is 3.73. The van der Waals surface area contributed by atoms with Crippen molar-refractivity contribution < 1.29 is 19.1 Å². The summed E-state index contributed by atoms with van der Waals surface area (Å²) in [6.45, 7) is 3.25. The Kier molecular flexibility index (Phi) is 7.03. The third-order valence-corrected chi connectivity index (χ3v) is 6.05. The molecular formula is C25H27N3O4. The van der Waals surface area contributed by atoms with Crippen LogP contribution in [0.1, 0.15) is 30.4 Å². The van der Waals surface area contributed by atoms with E-state index < -0.39 is 0 Å². The van der Waals surface area contributed by atoms with Gasteiger partial charge in [0.25, 0.3) is 0 Å². The van der Waals surface area contributed by atoms with E-state index in [9.17, 15) is 9.59 Å². The molecule has 0 spiro atoms. The van der Waals surface area contributed by atoms with E-state index in [0.29, 0.717) is 37.6 Å². The highest BCUT2D eigenvalue weighted by Gasteiger charge is 2.34. The zero-order chi connectivity index (χ0) is 22.3. The van der Waals surface area contributed by atoms with E-state index in [1.807, 2.05) is 30.3 Å². The van der Waals surface area contributed by atoms with Crippen LogP contribution in [0.4, 0.5) is 10.5 Å². The Morgan fingerprint density at radius 1 is 1.09 bits per heavy atom. The van der Waals surface area contributed by atoms with E-state index in [4.69, 9.17) is 14.7 Å². The molecule has 2 fully saturated rings. The molecule has 7 nitrogen and oxygen atoms in total. The van der Waals surface area contributed by atoms with Crippen molar-refractivity contribution in [3.8, 4) is 6.07 Å². The van der Waals surface area contributed by atoms with Crippen LogP contribution in [-0.4, -0.2) is 49.2 Å². The lowest BCUT2D eigenvalue weighted by atomic mass is 9.93. The molecule has 0 aromatic heterocycles. The number of anilines is 1. The molecule has 7 heteroatoms. The number of nitrogens with zero attached hydrogens (tertiary/aromatic N) is 3. The first kappa shape index (κ1) is 21.8. The molecule has 1 unspecified atom stereocenters. The first-order valence-electron chi connectivity index (χ1n) is 11.0. The first-order valence-corrected chi connectivity index (χ1v) is 11.0. The van der Waals surface area contributed by atoms with Crippen molar-refractivity contribution in [2.45, 2.75) is 32.0 Å². The van der Waals surface area contributed by atoms with Gasteiger partial charge < -0.3 is 9.47 Å². The normalized spacial score (nSPS) is 19.4. The highest BCUT2D eigenvalue weighted by atomic mass is 16.6. The number of rotatable bonds is 7.